The zero-order valence-corrected chi connectivity index (χ0v) is 13.1. The molecule has 1 atom stereocenters. The Morgan fingerprint density at radius 3 is 2.50 bits per heavy atom. The van der Waals surface area contributed by atoms with Gasteiger partial charge in [-0.3, -0.25) is 4.79 Å². The van der Waals surface area contributed by atoms with Crippen molar-refractivity contribution < 1.29 is 9.53 Å². The van der Waals surface area contributed by atoms with E-state index in [4.69, 9.17) is 10.00 Å². The monoisotopic (exact) mass is 291 g/mol. The number of esters is 1. The highest BCUT2D eigenvalue weighted by atomic mass is 32.2. The zero-order chi connectivity index (χ0) is 15.0. The van der Waals surface area contributed by atoms with Gasteiger partial charge in [-0.1, -0.05) is 26.0 Å². The summed E-state index contributed by atoms with van der Waals surface area (Å²) < 4.78 is 5.24. The summed E-state index contributed by atoms with van der Waals surface area (Å²) in [6.07, 6.45) is 0.902. The number of nitriles is 1. The molecule has 0 heterocycles. The Labute approximate surface area is 125 Å². The van der Waals surface area contributed by atoms with Gasteiger partial charge in [0.25, 0.3) is 0 Å². The summed E-state index contributed by atoms with van der Waals surface area (Å²) in [5.41, 5.74) is 1.76. The summed E-state index contributed by atoms with van der Waals surface area (Å²) in [6, 6.07) is 9.51. The van der Waals surface area contributed by atoms with Gasteiger partial charge in [0, 0.05) is 5.75 Å². The Morgan fingerprint density at radius 1 is 1.30 bits per heavy atom. The third-order valence-electron chi connectivity index (χ3n) is 2.85. The molecule has 3 nitrogen and oxygen atoms in total. The van der Waals surface area contributed by atoms with E-state index in [2.05, 4.69) is 19.9 Å². The smallest absolute Gasteiger partial charge is 0.318 e. The number of benzene rings is 1. The average molecular weight is 291 g/mol. The fourth-order valence-corrected chi connectivity index (χ4v) is 2.32. The minimum absolute atomic E-state index is 0.149. The minimum atomic E-state index is -0.169. The van der Waals surface area contributed by atoms with E-state index >= 15 is 0 Å². The first kappa shape index (κ1) is 16.6. The molecule has 0 amide bonds. The fraction of sp³-hybridized carbons (Fsp3) is 0.500. The van der Waals surface area contributed by atoms with Gasteiger partial charge in [0.1, 0.15) is 0 Å². The molecule has 0 aromatic heterocycles. The Hall–Kier alpha value is -1.47. The van der Waals surface area contributed by atoms with Crippen molar-refractivity contribution in [3.63, 3.8) is 0 Å². The fourth-order valence-electron chi connectivity index (χ4n) is 1.48. The standard InChI is InChI=1S/C16H21NO2S/c1-12(2)8-9-19-16(18)13(3)20-11-15-6-4-14(10-17)5-7-15/h4-7,12-13H,8-9,11H2,1-3H3. The van der Waals surface area contributed by atoms with Crippen LogP contribution < -0.4 is 0 Å². The molecule has 20 heavy (non-hydrogen) atoms. The zero-order valence-electron chi connectivity index (χ0n) is 12.3. The van der Waals surface area contributed by atoms with E-state index in [9.17, 15) is 4.79 Å². The van der Waals surface area contributed by atoms with Crippen LogP contribution in [0.25, 0.3) is 0 Å². The lowest BCUT2D eigenvalue weighted by Gasteiger charge is -2.12. The molecule has 0 saturated heterocycles. The van der Waals surface area contributed by atoms with E-state index in [1.165, 1.54) is 0 Å². The molecule has 0 aliphatic heterocycles. The van der Waals surface area contributed by atoms with Gasteiger partial charge in [-0.15, -0.1) is 11.8 Å². The van der Waals surface area contributed by atoms with Gasteiger partial charge >= 0.3 is 5.97 Å². The molecule has 1 rings (SSSR count). The van der Waals surface area contributed by atoms with Gasteiger partial charge in [0.05, 0.1) is 23.5 Å². The largest absolute Gasteiger partial charge is 0.465 e. The first-order chi connectivity index (χ1) is 9.52. The van der Waals surface area contributed by atoms with Gasteiger partial charge in [-0.05, 0) is 37.0 Å². The van der Waals surface area contributed by atoms with Gasteiger partial charge in [0.15, 0.2) is 0 Å². The van der Waals surface area contributed by atoms with E-state index in [1.54, 1.807) is 23.9 Å². The Balaban J connectivity index is 2.32. The third-order valence-corrected chi connectivity index (χ3v) is 4.05. The van der Waals surface area contributed by atoms with Crippen LogP contribution in [0.1, 0.15) is 38.3 Å². The van der Waals surface area contributed by atoms with Crippen molar-refractivity contribution >= 4 is 17.7 Å². The predicted molar refractivity (Wildman–Crippen MR) is 82.3 cm³/mol. The molecule has 108 valence electrons. The molecular weight excluding hydrogens is 270 g/mol. The van der Waals surface area contributed by atoms with E-state index in [0.717, 1.165) is 17.7 Å². The number of carbonyl (C=O) groups excluding carboxylic acids is 1. The van der Waals surface area contributed by atoms with Crippen LogP contribution in [0.3, 0.4) is 0 Å². The van der Waals surface area contributed by atoms with Crippen molar-refractivity contribution in [2.24, 2.45) is 5.92 Å². The van der Waals surface area contributed by atoms with E-state index in [0.29, 0.717) is 18.1 Å². The number of rotatable bonds is 7. The van der Waals surface area contributed by atoms with Crippen LogP contribution in [0.15, 0.2) is 24.3 Å². The first-order valence-electron chi connectivity index (χ1n) is 6.80. The summed E-state index contributed by atoms with van der Waals surface area (Å²) in [6.45, 7) is 6.58. The molecule has 1 unspecified atom stereocenters. The molecule has 4 heteroatoms. The maximum atomic E-state index is 11.8. The van der Waals surface area contributed by atoms with Crippen LogP contribution in [0.4, 0.5) is 0 Å². The molecule has 1 aromatic carbocycles. The minimum Gasteiger partial charge on any atom is -0.465 e. The summed E-state index contributed by atoms with van der Waals surface area (Å²) in [7, 11) is 0. The molecule has 0 aliphatic rings. The summed E-state index contributed by atoms with van der Waals surface area (Å²) in [5, 5.41) is 8.56. The summed E-state index contributed by atoms with van der Waals surface area (Å²) in [5.74, 6) is 1.14. The van der Waals surface area contributed by atoms with Crippen molar-refractivity contribution in [1.29, 1.82) is 5.26 Å². The van der Waals surface area contributed by atoms with Crippen molar-refractivity contribution in [2.75, 3.05) is 6.61 Å². The Bertz CT molecular complexity index is 462. The molecule has 0 bridgehead atoms. The first-order valence-corrected chi connectivity index (χ1v) is 7.85. The lowest BCUT2D eigenvalue weighted by molar-refractivity contribution is -0.142. The van der Waals surface area contributed by atoms with Gasteiger partial charge in [-0.25, -0.2) is 0 Å². The van der Waals surface area contributed by atoms with Crippen LogP contribution in [0.5, 0.6) is 0 Å². The molecule has 0 N–H and O–H groups in total. The quantitative estimate of drug-likeness (QED) is 0.718. The van der Waals surface area contributed by atoms with Crippen molar-refractivity contribution in [3.8, 4) is 6.07 Å². The van der Waals surface area contributed by atoms with Crippen LogP contribution in [-0.4, -0.2) is 17.8 Å². The second-order valence-electron chi connectivity index (χ2n) is 5.11. The van der Waals surface area contributed by atoms with Gasteiger partial charge in [0.2, 0.25) is 0 Å². The Kier molecular flexibility index (Phi) is 7.17. The highest BCUT2D eigenvalue weighted by Gasteiger charge is 2.15. The normalized spacial score (nSPS) is 11.9. The number of carbonyl (C=O) groups is 1. The van der Waals surface area contributed by atoms with Crippen LogP contribution >= 0.6 is 11.8 Å². The van der Waals surface area contributed by atoms with Gasteiger partial charge in [-0.2, -0.15) is 5.26 Å². The van der Waals surface area contributed by atoms with Gasteiger partial charge < -0.3 is 4.74 Å². The van der Waals surface area contributed by atoms with Crippen LogP contribution in [0.2, 0.25) is 0 Å². The van der Waals surface area contributed by atoms with Crippen molar-refractivity contribution in [3.05, 3.63) is 35.4 Å². The van der Waals surface area contributed by atoms with Crippen molar-refractivity contribution in [1.82, 2.24) is 0 Å². The number of ether oxygens (including phenoxy) is 1. The SMILES string of the molecule is CC(C)CCOC(=O)C(C)SCc1ccc(C#N)cc1. The molecule has 0 aliphatic carbocycles. The molecule has 0 radical (unpaired) electrons. The summed E-state index contributed by atoms with van der Waals surface area (Å²) in [4.78, 5) is 11.8. The number of hydrogen-bond acceptors (Lipinski definition) is 4. The van der Waals surface area contributed by atoms with Crippen LogP contribution in [0, 0.1) is 17.2 Å². The second kappa shape index (κ2) is 8.65. The lowest BCUT2D eigenvalue weighted by Crippen LogP contribution is -2.18. The maximum Gasteiger partial charge on any atom is 0.318 e. The lowest BCUT2D eigenvalue weighted by atomic mass is 10.1. The highest BCUT2D eigenvalue weighted by Crippen LogP contribution is 2.19. The maximum absolute atomic E-state index is 11.8. The van der Waals surface area contributed by atoms with Crippen molar-refractivity contribution in [2.45, 2.75) is 38.2 Å². The topological polar surface area (TPSA) is 50.1 Å². The molecular formula is C16H21NO2S. The van der Waals surface area contributed by atoms with E-state index in [1.807, 2.05) is 19.1 Å². The second-order valence-corrected chi connectivity index (χ2v) is 6.44. The highest BCUT2D eigenvalue weighted by molar-refractivity contribution is 7.99. The number of nitrogens with zero attached hydrogens (tertiary/aromatic N) is 1. The number of thioether (sulfide) groups is 1. The third kappa shape index (κ3) is 6.12. The average Bonchev–Trinajstić information content (AvgIpc) is 2.44. The molecule has 0 fully saturated rings. The molecule has 1 aromatic rings. The Morgan fingerprint density at radius 2 is 1.95 bits per heavy atom. The summed E-state index contributed by atoms with van der Waals surface area (Å²) >= 11 is 1.55. The molecule has 0 spiro atoms. The van der Waals surface area contributed by atoms with Crippen LogP contribution in [-0.2, 0) is 15.3 Å². The molecule has 0 saturated carbocycles. The number of hydrogen-bond donors (Lipinski definition) is 0. The van der Waals surface area contributed by atoms with E-state index < -0.39 is 0 Å². The predicted octanol–water partition coefficient (Wildman–Crippen LogP) is 3.77. The van der Waals surface area contributed by atoms with E-state index in [-0.39, 0.29) is 11.2 Å².